The van der Waals surface area contributed by atoms with E-state index in [-0.39, 0.29) is 30.5 Å². The Balaban J connectivity index is 1.73. The number of carbonyl (C=O) groups excluding carboxylic acids is 2. The monoisotopic (exact) mass is 387 g/mol. The Hall–Kier alpha value is -3.06. The van der Waals surface area contributed by atoms with E-state index in [1.807, 2.05) is 0 Å². The highest BCUT2D eigenvalue weighted by Crippen LogP contribution is 2.31. The molecule has 0 saturated heterocycles. The number of aryl methyl sites for hydroxylation is 1. The van der Waals surface area contributed by atoms with Crippen LogP contribution < -0.4 is 5.32 Å². The molecule has 0 bridgehead atoms. The molecule has 0 aliphatic heterocycles. The first-order chi connectivity index (χ1) is 13.0. The van der Waals surface area contributed by atoms with E-state index in [1.165, 1.54) is 18.2 Å². The van der Waals surface area contributed by atoms with Gasteiger partial charge in [-0.05, 0) is 25.1 Å². The van der Waals surface area contributed by atoms with Gasteiger partial charge in [-0.25, -0.2) is 0 Å². The van der Waals surface area contributed by atoms with Crippen LogP contribution in [0.1, 0.15) is 21.9 Å². The van der Waals surface area contributed by atoms with Gasteiger partial charge in [-0.1, -0.05) is 35.0 Å². The van der Waals surface area contributed by atoms with E-state index in [9.17, 15) is 9.59 Å². The van der Waals surface area contributed by atoms with Gasteiger partial charge in [-0.2, -0.15) is 0 Å². The van der Waals surface area contributed by atoms with Crippen LogP contribution in [0.4, 0.5) is 0 Å². The predicted octanol–water partition coefficient (Wildman–Crippen LogP) is 3.28. The Bertz CT molecular complexity index is 950. The molecule has 0 aliphatic rings. The average Bonchev–Trinajstić information content (AvgIpc) is 3.29. The third kappa shape index (κ3) is 4.20. The quantitative estimate of drug-likeness (QED) is 0.701. The zero-order chi connectivity index (χ0) is 19.4. The zero-order valence-corrected chi connectivity index (χ0v) is 15.6. The highest BCUT2D eigenvalue weighted by Gasteiger charge is 2.26. The molecule has 0 fully saturated rings. The van der Waals surface area contributed by atoms with Gasteiger partial charge in [-0.3, -0.25) is 9.59 Å². The number of nitrogens with one attached hydrogen (secondary N) is 1. The Morgan fingerprint density at radius 2 is 2.00 bits per heavy atom. The fourth-order valence-electron chi connectivity index (χ4n) is 2.59. The van der Waals surface area contributed by atoms with Crippen molar-refractivity contribution in [2.75, 3.05) is 13.6 Å². The number of aromatic nitrogens is 1. The summed E-state index contributed by atoms with van der Waals surface area (Å²) in [5.41, 5.74) is 1.23. The van der Waals surface area contributed by atoms with Crippen molar-refractivity contribution in [3.63, 3.8) is 0 Å². The van der Waals surface area contributed by atoms with Crippen molar-refractivity contribution >= 4 is 23.4 Å². The summed E-state index contributed by atoms with van der Waals surface area (Å²) in [6.07, 6.45) is 1.53. The highest BCUT2D eigenvalue weighted by atomic mass is 35.5. The number of nitrogens with zero attached hydrogens (tertiary/aromatic N) is 2. The fraction of sp³-hybridized carbons (Fsp3) is 0.211. The molecule has 2 aromatic heterocycles. The van der Waals surface area contributed by atoms with Gasteiger partial charge in [0.05, 0.1) is 24.4 Å². The van der Waals surface area contributed by atoms with Crippen LogP contribution in [0.2, 0.25) is 5.02 Å². The molecule has 1 N–H and O–H groups in total. The zero-order valence-electron chi connectivity index (χ0n) is 14.9. The summed E-state index contributed by atoms with van der Waals surface area (Å²) in [4.78, 5) is 26.3. The van der Waals surface area contributed by atoms with Gasteiger partial charge in [-0.15, -0.1) is 0 Å². The van der Waals surface area contributed by atoms with Crippen molar-refractivity contribution in [2.45, 2.75) is 13.5 Å². The first kappa shape index (κ1) is 18.7. The second-order valence-corrected chi connectivity index (χ2v) is 6.37. The third-order valence-corrected chi connectivity index (χ3v) is 4.30. The van der Waals surface area contributed by atoms with E-state index in [1.54, 1.807) is 43.3 Å². The lowest BCUT2D eigenvalue weighted by Crippen LogP contribution is -2.38. The molecule has 7 nitrogen and oxygen atoms in total. The lowest BCUT2D eigenvalue weighted by Gasteiger charge is -2.17. The van der Waals surface area contributed by atoms with Crippen LogP contribution in [-0.4, -0.2) is 35.5 Å². The molecule has 1 aromatic carbocycles. The van der Waals surface area contributed by atoms with E-state index < -0.39 is 0 Å². The summed E-state index contributed by atoms with van der Waals surface area (Å²) in [7, 11) is 1.54. The smallest absolute Gasteiger partial charge is 0.259 e. The molecule has 3 aromatic rings. The standard InChI is InChI=1S/C19H18ClN3O4/c1-12-17(18(22-27-12)14-7-3-4-8-15(14)20)19(25)23(2)11-16(24)21-10-13-6-5-9-26-13/h3-9H,10-11H2,1-2H3,(H,21,24). The third-order valence-electron chi connectivity index (χ3n) is 3.97. The summed E-state index contributed by atoms with van der Waals surface area (Å²) in [5.74, 6) is 0.304. The minimum absolute atomic E-state index is 0.119. The van der Waals surface area contributed by atoms with Crippen LogP contribution in [0.25, 0.3) is 11.3 Å². The number of rotatable bonds is 6. The van der Waals surface area contributed by atoms with E-state index in [2.05, 4.69) is 10.5 Å². The Labute approximate surface area is 160 Å². The predicted molar refractivity (Wildman–Crippen MR) is 99.2 cm³/mol. The number of hydrogen-bond acceptors (Lipinski definition) is 5. The number of likely N-dealkylation sites (N-methyl/N-ethyl adjacent to an activating group) is 1. The van der Waals surface area contributed by atoms with Crippen molar-refractivity contribution in [1.82, 2.24) is 15.4 Å². The van der Waals surface area contributed by atoms with Crippen LogP contribution in [0, 0.1) is 6.92 Å². The van der Waals surface area contributed by atoms with Crippen molar-refractivity contribution in [3.8, 4) is 11.3 Å². The average molecular weight is 388 g/mol. The molecule has 0 unspecified atom stereocenters. The van der Waals surface area contributed by atoms with E-state index in [0.717, 1.165) is 0 Å². The molecule has 0 atom stereocenters. The lowest BCUT2D eigenvalue weighted by atomic mass is 10.1. The second-order valence-electron chi connectivity index (χ2n) is 5.96. The summed E-state index contributed by atoms with van der Waals surface area (Å²) in [6.45, 7) is 1.78. The molecule has 27 heavy (non-hydrogen) atoms. The molecule has 0 aliphatic carbocycles. The van der Waals surface area contributed by atoms with E-state index in [0.29, 0.717) is 27.8 Å². The molecular weight excluding hydrogens is 370 g/mol. The van der Waals surface area contributed by atoms with E-state index in [4.69, 9.17) is 20.5 Å². The topological polar surface area (TPSA) is 88.6 Å². The van der Waals surface area contributed by atoms with Gasteiger partial charge in [0.1, 0.15) is 22.8 Å². The molecule has 2 amide bonds. The molecule has 140 valence electrons. The second kappa shape index (κ2) is 8.09. The van der Waals surface area contributed by atoms with Crippen LogP contribution in [0.3, 0.4) is 0 Å². The normalized spacial score (nSPS) is 10.6. The molecule has 3 rings (SSSR count). The SMILES string of the molecule is Cc1onc(-c2ccccc2Cl)c1C(=O)N(C)CC(=O)NCc1ccco1. The summed E-state index contributed by atoms with van der Waals surface area (Å²) in [5, 5.41) is 7.14. The van der Waals surface area contributed by atoms with Crippen molar-refractivity contribution < 1.29 is 18.5 Å². The van der Waals surface area contributed by atoms with Crippen molar-refractivity contribution in [2.24, 2.45) is 0 Å². The van der Waals surface area contributed by atoms with Gasteiger partial charge < -0.3 is 19.2 Å². The fourth-order valence-corrected chi connectivity index (χ4v) is 2.82. The van der Waals surface area contributed by atoms with Crippen molar-refractivity contribution in [3.05, 3.63) is 64.8 Å². The maximum atomic E-state index is 12.9. The van der Waals surface area contributed by atoms with Crippen LogP contribution in [0.5, 0.6) is 0 Å². The van der Waals surface area contributed by atoms with Crippen LogP contribution >= 0.6 is 11.6 Å². The van der Waals surface area contributed by atoms with E-state index >= 15 is 0 Å². The van der Waals surface area contributed by atoms with Crippen LogP contribution in [0.15, 0.2) is 51.6 Å². The molecule has 8 heteroatoms. The van der Waals surface area contributed by atoms with Gasteiger partial charge in [0.2, 0.25) is 5.91 Å². The molecule has 2 heterocycles. The van der Waals surface area contributed by atoms with Crippen LogP contribution in [-0.2, 0) is 11.3 Å². The number of benzene rings is 1. The Morgan fingerprint density at radius 1 is 1.22 bits per heavy atom. The first-order valence-electron chi connectivity index (χ1n) is 8.23. The maximum Gasteiger partial charge on any atom is 0.259 e. The van der Waals surface area contributed by atoms with Gasteiger partial charge in [0.15, 0.2) is 0 Å². The number of halogens is 1. The van der Waals surface area contributed by atoms with Crippen molar-refractivity contribution in [1.29, 1.82) is 0 Å². The highest BCUT2D eigenvalue weighted by molar-refractivity contribution is 6.33. The largest absolute Gasteiger partial charge is 0.467 e. The number of hydrogen-bond donors (Lipinski definition) is 1. The summed E-state index contributed by atoms with van der Waals surface area (Å²) in [6, 6.07) is 10.5. The Kier molecular flexibility index (Phi) is 5.61. The first-order valence-corrected chi connectivity index (χ1v) is 8.61. The summed E-state index contributed by atoms with van der Waals surface area (Å²) < 4.78 is 10.4. The lowest BCUT2D eigenvalue weighted by molar-refractivity contribution is -0.121. The Morgan fingerprint density at radius 3 is 2.70 bits per heavy atom. The minimum Gasteiger partial charge on any atom is -0.467 e. The van der Waals surface area contributed by atoms with Gasteiger partial charge in [0, 0.05) is 12.6 Å². The van der Waals surface area contributed by atoms with Gasteiger partial charge >= 0.3 is 0 Å². The molecule has 0 spiro atoms. The molecule has 0 radical (unpaired) electrons. The maximum absolute atomic E-state index is 12.9. The number of furan rings is 1. The number of amides is 2. The number of carbonyl (C=O) groups is 2. The molecule has 0 saturated carbocycles. The molecular formula is C19H18ClN3O4. The van der Waals surface area contributed by atoms with Gasteiger partial charge in [0.25, 0.3) is 5.91 Å². The summed E-state index contributed by atoms with van der Waals surface area (Å²) >= 11 is 6.22. The minimum atomic E-state index is -0.378.